The second-order valence-electron chi connectivity index (χ2n) is 13.6. The molecule has 6 atom stereocenters. The van der Waals surface area contributed by atoms with Crippen LogP contribution in [0.5, 0.6) is 0 Å². The molecular weight excluding hydrogens is 492 g/mol. The number of fused-ring (bicyclic) bond motifs is 1. The van der Waals surface area contributed by atoms with Crippen molar-refractivity contribution in [2.75, 3.05) is 0 Å². The summed E-state index contributed by atoms with van der Waals surface area (Å²) < 4.78 is 6.65. The summed E-state index contributed by atoms with van der Waals surface area (Å²) in [7, 11) is 0. The molecular formula is C37H42O3. The zero-order valence-corrected chi connectivity index (χ0v) is 24.3. The van der Waals surface area contributed by atoms with Gasteiger partial charge in [-0.15, -0.1) is 0 Å². The lowest BCUT2D eigenvalue weighted by Crippen LogP contribution is -2.50. The number of esters is 1. The monoisotopic (exact) mass is 534 g/mol. The van der Waals surface area contributed by atoms with Crippen LogP contribution in [0, 0.1) is 34.5 Å². The third-order valence-corrected chi connectivity index (χ3v) is 10.8. The van der Waals surface area contributed by atoms with E-state index in [1.54, 1.807) is 0 Å². The summed E-state index contributed by atoms with van der Waals surface area (Å²) in [5.41, 5.74) is 2.33. The summed E-state index contributed by atoms with van der Waals surface area (Å²) in [4.78, 5) is 27.1. The van der Waals surface area contributed by atoms with Gasteiger partial charge in [0.25, 0.3) is 0 Å². The Kier molecular flexibility index (Phi) is 6.76. The van der Waals surface area contributed by atoms with Crippen molar-refractivity contribution in [2.45, 2.75) is 71.3 Å². The van der Waals surface area contributed by atoms with Crippen LogP contribution in [-0.2, 0) is 19.7 Å². The van der Waals surface area contributed by atoms with Gasteiger partial charge in [-0.2, -0.15) is 0 Å². The first-order valence-electron chi connectivity index (χ1n) is 15.1. The molecule has 0 heterocycles. The minimum atomic E-state index is -0.902. The van der Waals surface area contributed by atoms with E-state index >= 15 is 0 Å². The average Bonchev–Trinajstić information content (AvgIpc) is 3.41. The van der Waals surface area contributed by atoms with Crippen molar-refractivity contribution in [3.63, 3.8) is 0 Å². The van der Waals surface area contributed by atoms with Crippen molar-refractivity contribution in [2.24, 2.45) is 34.5 Å². The summed E-state index contributed by atoms with van der Waals surface area (Å²) in [6.07, 6.45) is 3.77. The number of benzene rings is 3. The Morgan fingerprint density at radius 2 is 1.27 bits per heavy atom. The molecule has 3 aromatic carbocycles. The van der Waals surface area contributed by atoms with Crippen LogP contribution in [0.4, 0.5) is 0 Å². The summed E-state index contributed by atoms with van der Waals surface area (Å²) in [5, 5.41) is 0. The van der Waals surface area contributed by atoms with E-state index < -0.39 is 10.8 Å². The molecule has 0 amide bonds. The topological polar surface area (TPSA) is 43.4 Å². The van der Waals surface area contributed by atoms with Gasteiger partial charge in [-0.05, 0) is 65.5 Å². The van der Waals surface area contributed by atoms with E-state index in [1.807, 2.05) is 0 Å². The highest BCUT2D eigenvalue weighted by molar-refractivity contribution is 6.09. The first-order chi connectivity index (χ1) is 19.2. The Hall–Kier alpha value is -3.20. The van der Waals surface area contributed by atoms with Crippen molar-refractivity contribution in [3.05, 3.63) is 108 Å². The highest BCUT2D eigenvalue weighted by Crippen LogP contribution is 2.67. The summed E-state index contributed by atoms with van der Waals surface area (Å²) in [5.74, 6) is 0.547. The Bertz CT molecular complexity index is 1260. The molecule has 3 nitrogen and oxygen atoms in total. The Labute approximate surface area is 239 Å². The first-order valence-corrected chi connectivity index (χ1v) is 15.1. The van der Waals surface area contributed by atoms with Crippen molar-refractivity contribution in [1.29, 1.82) is 0 Å². The predicted octanol–water partition coefficient (Wildman–Crippen LogP) is 8.01. The maximum Gasteiger partial charge on any atom is 0.320 e. The van der Waals surface area contributed by atoms with Gasteiger partial charge in [0.2, 0.25) is 0 Å². The normalized spacial score (nSPS) is 30.0. The van der Waals surface area contributed by atoms with Crippen molar-refractivity contribution < 1.29 is 14.3 Å². The summed E-state index contributed by atoms with van der Waals surface area (Å²) >= 11 is 0. The number of ether oxygens (including phenoxy) is 1. The number of hydrogen-bond acceptors (Lipinski definition) is 3. The highest BCUT2D eigenvalue weighted by Gasteiger charge is 2.75. The molecule has 3 fully saturated rings. The molecule has 0 aromatic heterocycles. The molecule has 0 bridgehead atoms. The van der Waals surface area contributed by atoms with Crippen molar-refractivity contribution in [1.82, 2.24) is 0 Å². The van der Waals surface area contributed by atoms with Crippen LogP contribution in [0.3, 0.4) is 0 Å². The maximum atomic E-state index is 14.0. The maximum absolute atomic E-state index is 14.0. The Morgan fingerprint density at radius 1 is 0.775 bits per heavy atom. The van der Waals surface area contributed by atoms with Crippen molar-refractivity contribution in [3.8, 4) is 0 Å². The minimum Gasteiger partial charge on any atom is -0.461 e. The average molecular weight is 535 g/mol. The van der Waals surface area contributed by atoms with Crippen LogP contribution < -0.4 is 0 Å². The lowest BCUT2D eigenvalue weighted by atomic mass is 9.54. The first kappa shape index (κ1) is 27.0. The molecule has 6 rings (SSSR count). The van der Waals surface area contributed by atoms with Crippen LogP contribution in [-0.4, -0.2) is 17.9 Å². The molecule has 0 aliphatic heterocycles. The Balaban J connectivity index is 1.53. The van der Waals surface area contributed by atoms with E-state index in [0.29, 0.717) is 12.3 Å². The van der Waals surface area contributed by atoms with E-state index in [2.05, 4.69) is 119 Å². The number of rotatable bonds is 6. The van der Waals surface area contributed by atoms with Gasteiger partial charge >= 0.3 is 5.97 Å². The smallest absolute Gasteiger partial charge is 0.320 e. The van der Waals surface area contributed by atoms with Gasteiger partial charge in [0.05, 0.1) is 5.41 Å². The lowest BCUT2D eigenvalue weighted by molar-refractivity contribution is -0.166. The number of ketones is 1. The zero-order chi connectivity index (χ0) is 28.1. The van der Waals surface area contributed by atoms with E-state index in [0.717, 1.165) is 25.7 Å². The van der Waals surface area contributed by atoms with Gasteiger partial charge in [0, 0.05) is 12.3 Å². The second kappa shape index (κ2) is 10.0. The van der Waals surface area contributed by atoms with Crippen LogP contribution in [0.1, 0.15) is 76.5 Å². The molecule has 3 aliphatic carbocycles. The molecule has 0 N–H and O–H groups in total. The van der Waals surface area contributed by atoms with Gasteiger partial charge in [-0.1, -0.05) is 119 Å². The van der Waals surface area contributed by atoms with Gasteiger partial charge in [0.1, 0.15) is 11.5 Å². The molecule has 0 radical (unpaired) electrons. The third kappa shape index (κ3) is 4.07. The zero-order valence-electron chi connectivity index (χ0n) is 24.3. The fraction of sp³-hybridized carbons (Fsp3) is 0.459. The van der Waals surface area contributed by atoms with E-state index in [9.17, 15) is 9.59 Å². The number of carbonyl (C=O) groups excluding carboxylic acids is 2. The van der Waals surface area contributed by atoms with Crippen LogP contribution in [0.2, 0.25) is 0 Å². The largest absolute Gasteiger partial charge is 0.461 e. The van der Waals surface area contributed by atoms with E-state index in [1.165, 1.54) is 16.7 Å². The standard InChI is InChI=1S/C37H42O3/c1-25-30-21-23-33(38)36(25,30)34(39)40-32-22-20-29(35(2,3)4)24-31(32)37(26-14-8-5-9-15-26,27-16-10-6-11-17-27)28-18-12-7-13-19-28/h5-19,25,29-32H,20-24H2,1-4H3/t25?,29-,30?,31-,32-,36+/m1/s1. The molecule has 208 valence electrons. The van der Waals surface area contributed by atoms with Crippen molar-refractivity contribution >= 4 is 11.8 Å². The third-order valence-electron chi connectivity index (χ3n) is 10.8. The SMILES string of the molecule is CC1C2CCC(=O)[C@]12C(=O)O[C@@H]1CC[C@@H](C(C)(C)C)C[C@H]1C(c1ccccc1)(c1ccccc1)c1ccccc1. The molecule has 0 saturated heterocycles. The van der Waals surface area contributed by atoms with Gasteiger partial charge in [-0.25, -0.2) is 0 Å². The number of Topliss-reactive ketones (excluding diaryl/α,β-unsaturated/α-hetero) is 1. The minimum absolute atomic E-state index is 0.00189. The van der Waals surface area contributed by atoms with Gasteiger partial charge in [-0.3, -0.25) is 9.59 Å². The van der Waals surface area contributed by atoms with Crippen LogP contribution in [0.15, 0.2) is 91.0 Å². The predicted molar refractivity (Wildman–Crippen MR) is 159 cm³/mol. The number of carbonyl (C=O) groups is 2. The fourth-order valence-corrected chi connectivity index (χ4v) is 8.54. The molecule has 3 heteroatoms. The van der Waals surface area contributed by atoms with Crippen LogP contribution in [0.25, 0.3) is 0 Å². The summed E-state index contributed by atoms with van der Waals surface area (Å²) in [6.45, 7) is 9.06. The highest BCUT2D eigenvalue weighted by atomic mass is 16.5. The summed E-state index contributed by atoms with van der Waals surface area (Å²) in [6, 6.07) is 32.3. The molecule has 3 saturated carbocycles. The quantitative estimate of drug-likeness (QED) is 0.183. The molecule has 40 heavy (non-hydrogen) atoms. The molecule has 3 aromatic rings. The van der Waals surface area contributed by atoms with Crippen LogP contribution >= 0.6 is 0 Å². The Morgan fingerprint density at radius 3 is 1.70 bits per heavy atom. The van der Waals surface area contributed by atoms with E-state index in [-0.39, 0.29) is 41.0 Å². The van der Waals surface area contributed by atoms with E-state index in [4.69, 9.17) is 4.74 Å². The molecule has 2 unspecified atom stereocenters. The number of hydrogen-bond donors (Lipinski definition) is 0. The molecule has 3 aliphatic rings. The van der Waals surface area contributed by atoms with Gasteiger partial charge < -0.3 is 4.74 Å². The van der Waals surface area contributed by atoms with Gasteiger partial charge in [0.15, 0.2) is 5.78 Å². The fourth-order valence-electron chi connectivity index (χ4n) is 8.54. The lowest BCUT2D eigenvalue weighted by Gasteiger charge is -2.51. The molecule has 0 spiro atoms. The second-order valence-corrected chi connectivity index (χ2v) is 13.6.